The summed E-state index contributed by atoms with van der Waals surface area (Å²) in [4.78, 5) is 21.1. The van der Waals surface area contributed by atoms with Gasteiger partial charge in [0.25, 0.3) is 5.91 Å². The van der Waals surface area contributed by atoms with Gasteiger partial charge in [-0.15, -0.1) is 0 Å². The number of aryl methyl sites for hydroxylation is 1. The van der Waals surface area contributed by atoms with Gasteiger partial charge in [0.05, 0.1) is 0 Å². The van der Waals surface area contributed by atoms with Gasteiger partial charge in [0.15, 0.2) is 11.5 Å². The van der Waals surface area contributed by atoms with Crippen LogP contribution >= 0.6 is 0 Å². The fraction of sp³-hybridized carbons (Fsp3) is 0.150. The molecule has 27 heavy (non-hydrogen) atoms. The highest BCUT2D eigenvalue weighted by atomic mass is 16.7. The summed E-state index contributed by atoms with van der Waals surface area (Å²) in [5, 5.41) is 5.98. The van der Waals surface area contributed by atoms with Crippen LogP contribution in [-0.4, -0.2) is 22.7 Å². The number of ether oxygens (including phenoxy) is 2. The predicted octanol–water partition coefficient (Wildman–Crippen LogP) is 3.38. The van der Waals surface area contributed by atoms with Gasteiger partial charge in [-0.25, -0.2) is 9.97 Å². The van der Waals surface area contributed by atoms with Crippen LogP contribution in [0.3, 0.4) is 0 Å². The van der Waals surface area contributed by atoms with E-state index in [4.69, 9.17) is 9.47 Å². The second-order valence-corrected chi connectivity index (χ2v) is 6.08. The lowest BCUT2D eigenvalue weighted by Gasteiger charge is -2.09. The molecular weight excluding hydrogens is 344 g/mol. The minimum absolute atomic E-state index is 0.243. The van der Waals surface area contributed by atoms with E-state index >= 15 is 0 Å². The Labute approximate surface area is 156 Å². The van der Waals surface area contributed by atoms with Crippen molar-refractivity contribution in [2.75, 3.05) is 17.4 Å². The van der Waals surface area contributed by atoms with Crippen molar-refractivity contribution >= 4 is 17.5 Å². The van der Waals surface area contributed by atoms with Gasteiger partial charge < -0.3 is 20.1 Å². The highest BCUT2D eigenvalue weighted by Crippen LogP contribution is 2.32. The van der Waals surface area contributed by atoms with Crippen LogP contribution < -0.4 is 20.1 Å². The first kappa shape index (κ1) is 16.8. The van der Waals surface area contributed by atoms with Crippen molar-refractivity contribution in [1.29, 1.82) is 0 Å². The number of aromatic nitrogens is 2. The number of benzene rings is 2. The van der Waals surface area contributed by atoms with E-state index in [1.165, 1.54) is 0 Å². The van der Waals surface area contributed by atoms with Crippen molar-refractivity contribution in [3.05, 3.63) is 71.5 Å². The van der Waals surface area contributed by atoms with E-state index in [-0.39, 0.29) is 12.7 Å². The molecule has 0 unspecified atom stereocenters. The predicted molar refractivity (Wildman–Crippen MR) is 101 cm³/mol. The Morgan fingerprint density at radius 1 is 1.04 bits per heavy atom. The minimum atomic E-state index is -0.280. The Kier molecular flexibility index (Phi) is 4.57. The van der Waals surface area contributed by atoms with Gasteiger partial charge in [0.1, 0.15) is 5.69 Å². The molecule has 4 rings (SSSR count). The van der Waals surface area contributed by atoms with E-state index in [2.05, 4.69) is 20.6 Å². The number of anilines is 2. The summed E-state index contributed by atoms with van der Waals surface area (Å²) >= 11 is 0. The third-order valence-corrected chi connectivity index (χ3v) is 4.01. The van der Waals surface area contributed by atoms with E-state index in [1.807, 2.05) is 55.5 Å². The number of rotatable bonds is 5. The van der Waals surface area contributed by atoms with Crippen molar-refractivity contribution in [3.8, 4) is 11.5 Å². The molecule has 1 amide bonds. The number of carbonyl (C=O) groups is 1. The van der Waals surface area contributed by atoms with Crippen LogP contribution in [0.1, 0.15) is 21.7 Å². The number of amides is 1. The summed E-state index contributed by atoms with van der Waals surface area (Å²) in [5.74, 6) is 1.58. The number of fused-ring (bicyclic) bond motifs is 1. The average Bonchev–Trinajstić information content (AvgIpc) is 3.14. The molecule has 2 aromatic carbocycles. The van der Waals surface area contributed by atoms with Crippen LogP contribution in [0.25, 0.3) is 0 Å². The van der Waals surface area contributed by atoms with Crippen molar-refractivity contribution in [1.82, 2.24) is 9.97 Å². The Balaban J connectivity index is 1.46. The lowest BCUT2D eigenvalue weighted by atomic mass is 10.2. The molecule has 2 heterocycles. The Hall–Kier alpha value is -3.61. The largest absolute Gasteiger partial charge is 0.454 e. The van der Waals surface area contributed by atoms with Crippen LogP contribution in [0.4, 0.5) is 11.6 Å². The maximum atomic E-state index is 12.5. The molecule has 0 bridgehead atoms. The molecule has 0 radical (unpaired) electrons. The third-order valence-electron chi connectivity index (χ3n) is 4.01. The van der Waals surface area contributed by atoms with Gasteiger partial charge in [0, 0.05) is 17.9 Å². The molecule has 0 saturated heterocycles. The molecule has 3 aromatic rings. The topological polar surface area (TPSA) is 85.4 Å². The number of hydrogen-bond donors (Lipinski definition) is 2. The van der Waals surface area contributed by atoms with Gasteiger partial charge >= 0.3 is 0 Å². The lowest BCUT2D eigenvalue weighted by Crippen LogP contribution is -2.16. The maximum Gasteiger partial charge on any atom is 0.274 e. The van der Waals surface area contributed by atoms with Gasteiger partial charge in [-0.1, -0.05) is 24.3 Å². The van der Waals surface area contributed by atoms with Crippen molar-refractivity contribution in [2.45, 2.75) is 13.5 Å². The van der Waals surface area contributed by atoms with Crippen LogP contribution in [0.5, 0.6) is 11.5 Å². The highest BCUT2D eigenvalue weighted by Gasteiger charge is 2.14. The summed E-state index contributed by atoms with van der Waals surface area (Å²) < 4.78 is 10.7. The normalized spacial score (nSPS) is 11.9. The lowest BCUT2D eigenvalue weighted by molar-refractivity contribution is 0.102. The van der Waals surface area contributed by atoms with Crippen molar-refractivity contribution in [3.63, 3.8) is 0 Å². The molecule has 1 aromatic heterocycles. The van der Waals surface area contributed by atoms with Gasteiger partial charge in [-0.3, -0.25) is 4.79 Å². The quantitative estimate of drug-likeness (QED) is 0.724. The minimum Gasteiger partial charge on any atom is -0.454 e. The molecule has 0 spiro atoms. The number of para-hydroxylation sites is 1. The molecule has 0 saturated carbocycles. The van der Waals surface area contributed by atoms with Gasteiger partial charge in [-0.2, -0.15) is 0 Å². The first-order chi connectivity index (χ1) is 13.2. The van der Waals surface area contributed by atoms with Gasteiger partial charge in [-0.05, 0) is 42.8 Å². The zero-order valence-corrected chi connectivity index (χ0v) is 14.7. The summed E-state index contributed by atoms with van der Waals surface area (Å²) in [6.07, 6.45) is 0. The van der Waals surface area contributed by atoms with E-state index in [9.17, 15) is 4.79 Å². The summed E-state index contributed by atoms with van der Waals surface area (Å²) in [5.41, 5.74) is 2.73. The summed E-state index contributed by atoms with van der Waals surface area (Å²) in [6, 6.07) is 16.6. The van der Waals surface area contributed by atoms with E-state index in [0.29, 0.717) is 29.6 Å². The second-order valence-electron chi connectivity index (χ2n) is 6.08. The summed E-state index contributed by atoms with van der Waals surface area (Å²) in [7, 11) is 0. The third kappa shape index (κ3) is 3.98. The molecule has 7 heteroatoms. The first-order valence-corrected chi connectivity index (χ1v) is 8.52. The molecular formula is C20H18N4O3. The maximum absolute atomic E-state index is 12.5. The fourth-order valence-corrected chi connectivity index (χ4v) is 2.71. The van der Waals surface area contributed by atoms with Crippen LogP contribution in [-0.2, 0) is 6.54 Å². The van der Waals surface area contributed by atoms with Crippen molar-refractivity contribution < 1.29 is 14.3 Å². The zero-order valence-electron chi connectivity index (χ0n) is 14.7. The van der Waals surface area contributed by atoms with Crippen LogP contribution in [0, 0.1) is 6.92 Å². The van der Waals surface area contributed by atoms with Crippen molar-refractivity contribution in [2.24, 2.45) is 0 Å². The molecule has 1 aliphatic heterocycles. The van der Waals surface area contributed by atoms with Crippen LogP contribution in [0.15, 0.2) is 54.6 Å². The number of nitrogens with one attached hydrogen (secondary N) is 2. The Bertz CT molecular complexity index is 976. The second kappa shape index (κ2) is 7.33. The molecule has 0 atom stereocenters. The zero-order chi connectivity index (χ0) is 18.6. The Morgan fingerprint density at radius 3 is 2.70 bits per heavy atom. The van der Waals surface area contributed by atoms with Gasteiger partial charge in [0.2, 0.25) is 12.7 Å². The van der Waals surface area contributed by atoms with E-state index in [1.54, 1.807) is 6.07 Å². The molecule has 0 aliphatic carbocycles. The number of carbonyl (C=O) groups excluding carboxylic acids is 1. The monoisotopic (exact) mass is 362 g/mol. The highest BCUT2D eigenvalue weighted by molar-refractivity contribution is 6.03. The smallest absolute Gasteiger partial charge is 0.274 e. The van der Waals surface area contributed by atoms with E-state index < -0.39 is 0 Å². The van der Waals surface area contributed by atoms with Crippen LogP contribution in [0.2, 0.25) is 0 Å². The molecule has 1 aliphatic rings. The molecule has 0 fully saturated rings. The standard InChI is InChI=1S/C20H18N4O3/c1-13-9-16(19(25)23-15-5-3-2-4-6-15)24-20(22-13)21-11-14-7-8-17-18(10-14)27-12-26-17/h2-10H,11-12H2,1H3,(H,23,25)(H,21,22,24). The first-order valence-electron chi connectivity index (χ1n) is 8.52. The Morgan fingerprint density at radius 2 is 1.85 bits per heavy atom. The molecule has 7 nitrogen and oxygen atoms in total. The summed E-state index contributed by atoms with van der Waals surface area (Å²) in [6.45, 7) is 2.57. The number of nitrogens with zero attached hydrogens (tertiary/aromatic N) is 2. The number of hydrogen-bond acceptors (Lipinski definition) is 6. The molecule has 136 valence electrons. The SMILES string of the molecule is Cc1cc(C(=O)Nc2ccccc2)nc(NCc2ccc3c(c2)OCO3)n1. The fourth-order valence-electron chi connectivity index (χ4n) is 2.71. The van der Waals surface area contributed by atoms with E-state index in [0.717, 1.165) is 17.1 Å². The average molecular weight is 362 g/mol. The molecule has 2 N–H and O–H groups in total.